The Labute approximate surface area is 104 Å². The highest BCUT2D eigenvalue weighted by atomic mass is 28.4. The number of ether oxygens (including phenoxy) is 2. The van der Waals surface area contributed by atoms with Crippen LogP contribution in [0.5, 0.6) is 0 Å². The number of hydrogen-bond acceptors (Lipinski definition) is 5. The number of hydrogen-bond donors (Lipinski definition) is 0. The quantitative estimate of drug-likeness (QED) is 0.358. The van der Waals surface area contributed by atoms with Crippen LogP contribution in [-0.2, 0) is 23.1 Å². The molecule has 100 valence electrons. The summed E-state index contributed by atoms with van der Waals surface area (Å²) in [5.41, 5.74) is 0. The zero-order chi connectivity index (χ0) is 12.7. The van der Waals surface area contributed by atoms with Gasteiger partial charge in [0.25, 0.3) is 5.97 Å². The Kier molecular flexibility index (Phi) is 6.11. The van der Waals surface area contributed by atoms with Crippen molar-refractivity contribution in [1.29, 1.82) is 0 Å². The maximum absolute atomic E-state index is 11.0. The van der Waals surface area contributed by atoms with Crippen molar-refractivity contribution in [3.8, 4) is 0 Å². The highest BCUT2D eigenvalue weighted by Gasteiger charge is 2.33. The third kappa shape index (κ3) is 6.77. The molecule has 1 heterocycles. The molecule has 2 atom stereocenters. The molecular formula is C11H22O5Si. The second-order valence-corrected chi connectivity index (χ2v) is 7.55. The van der Waals surface area contributed by atoms with Gasteiger partial charge in [-0.3, -0.25) is 4.79 Å². The van der Waals surface area contributed by atoms with Crippen LogP contribution < -0.4 is 0 Å². The SMILES string of the molecule is CCO[Si](C)(CCCOCC1CO1)OC(C)=O. The first kappa shape index (κ1) is 14.6. The molecule has 0 N–H and O–H groups in total. The molecule has 0 spiro atoms. The largest absolute Gasteiger partial charge is 0.494 e. The topological polar surface area (TPSA) is 57.3 Å². The smallest absolute Gasteiger partial charge is 0.398 e. The van der Waals surface area contributed by atoms with E-state index in [0.717, 1.165) is 19.1 Å². The van der Waals surface area contributed by atoms with Gasteiger partial charge in [-0.1, -0.05) is 0 Å². The molecule has 0 radical (unpaired) electrons. The fourth-order valence-corrected chi connectivity index (χ4v) is 3.95. The van der Waals surface area contributed by atoms with Crippen molar-refractivity contribution in [2.24, 2.45) is 0 Å². The van der Waals surface area contributed by atoms with E-state index < -0.39 is 8.56 Å². The van der Waals surface area contributed by atoms with Gasteiger partial charge in [0, 0.05) is 26.2 Å². The molecule has 17 heavy (non-hydrogen) atoms. The van der Waals surface area contributed by atoms with E-state index in [1.165, 1.54) is 6.92 Å². The lowest BCUT2D eigenvalue weighted by molar-refractivity contribution is -0.134. The van der Waals surface area contributed by atoms with Crippen LogP contribution in [-0.4, -0.2) is 47.1 Å². The van der Waals surface area contributed by atoms with E-state index in [4.69, 9.17) is 18.3 Å². The van der Waals surface area contributed by atoms with Crippen LogP contribution >= 0.6 is 0 Å². The molecule has 1 aliphatic heterocycles. The van der Waals surface area contributed by atoms with E-state index in [1.54, 1.807) is 0 Å². The van der Waals surface area contributed by atoms with Gasteiger partial charge in [0.05, 0.1) is 13.2 Å². The lowest BCUT2D eigenvalue weighted by Crippen LogP contribution is -2.40. The lowest BCUT2D eigenvalue weighted by atomic mass is 10.5. The minimum absolute atomic E-state index is 0.264. The summed E-state index contributed by atoms with van der Waals surface area (Å²) in [5, 5.41) is 0. The van der Waals surface area contributed by atoms with Crippen LogP contribution in [0, 0.1) is 0 Å². The maximum atomic E-state index is 11.0. The average Bonchev–Trinajstić information content (AvgIpc) is 3.00. The summed E-state index contributed by atoms with van der Waals surface area (Å²) in [6.45, 7) is 7.98. The van der Waals surface area contributed by atoms with Crippen molar-refractivity contribution >= 4 is 14.5 Å². The molecule has 0 aromatic rings. The zero-order valence-electron chi connectivity index (χ0n) is 10.9. The Morgan fingerprint density at radius 3 is 2.76 bits per heavy atom. The van der Waals surface area contributed by atoms with Gasteiger partial charge in [0.2, 0.25) is 0 Å². The van der Waals surface area contributed by atoms with Gasteiger partial charge < -0.3 is 18.3 Å². The first-order valence-electron chi connectivity index (χ1n) is 6.08. The summed E-state index contributed by atoms with van der Waals surface area (Å²) in [7, 11) is -2.33. The van der Waals surface area contributed by atoms with Crippen LogP contribution in [0.2, 0.25) is 12.6 Å². The van der Waals surface area contributed by atoms with Crippen molar-refractivity contribution < 1.29 is 23.1 Å². The summed E-state index contributed by atoms with van der Waals surface area (Å²) in [6, 6.07) is 0.770. The standard InChI is InChI=1S/C11H22O5Si/c1-4-15-17(3,16-10(2)12)7-5-6-13-8-11-9-14-11/h11H,4-9H2,1-3H3. The van der Waals surface area contributed by atoms with Crippen molar-refractivity contribution in [1.82, 2.24) is 0 Å². The molecule has 0 aromatic carbocycles. The monoisotopic (exact) mass is 262 g/mol. The number of rotatable bonds is 9. The molecule has 0 saturated carbocycles. The number of carbonyl (C=O) groups excluding carboxylic acids is 1. The molecule has 1 saturated heterocycles. The van der Waals surface area contributed by atoms with Crippen molar-refractivity contribution in [3.05, 3.63) is 0 Å². The first-order chi connectivity index (χ1) is 8.06. The van der Waals surface area contributed by atoms with Gasteiger partial charge in [-0.2, -0.15) is 0 Å². The fourth-order valence-electron chi connectivity index (χ4n) is 1.64. The van der Waals surface area contributed by atoms with E-state index in [9.17, 15) is 4.79 Å². The fraction of sp³-hybridized carbons (Fsp3) is 0.909. The molecule has 5 nitrogen and oxygen atoms in total. The molecule has 1 fully saturated rings. The van der Waals surface area contributed by atoms with E-state index in [0.29, 0.717) is 25.9 Å². The lowest BCUT2D eigenvalue weighted by Gasteiger charge is -2.25. The Morgan fingerprint density at radius 1 is 1.53 bits per heavy atom. The second-order valence-electron chi connectivity index (χ2n) is 4.29. The van der Waals surface area contributed by atoms with Gasteiger partial charge in [0.1, 0.15) is 6.10 Å². The molecule has 0 amide bonds. The molecule has 1 aliphatic rings. The first-order valence-corrected chi connectivity index (χ1v) is 8.61. The third-order valence-corrected chi connectivity index (χ3v) is 5.32. The van der Waals surface area contributed by atoms with Gasteiger partial charge in [-0.25, -0.2) is 0 Å². The third-order valence-electron chi connectivity index (χ3n) is 2.43. The van der Waals surface area contributed by atoms with Crippen molar-refractivity contribution in [3.63, 3.8) is 0 Å². The molecule has 6 heteroatoms. The maximum Gasteiger partial charge on any atom is 0.398 e. The van der Waals surface area contributed by atoms with E-state index >= 15 is 0 Å². The van der Waals surface area contributed by atoms with Crippen molar-refractivity contribution in [2.45, 2.75) is 39.0 Å². The van der Waals surface area contributed by atoms with Gasteiger partial charge in [-0.05, 0) is 19.9 Å². The van der Waals surface area contributed by atoms with Crippen LogP contribution in [0.4, 0.5) is 0 Å². The number of epoxide rings is 1. The molecule has 1 rings (SSSR count). The van der Waals surface area contributed by atoms with Gasteiger partial charge >= 0.3 is 8.56 Å². The Bertz CT molecular complexity index is 244. The van der Waals surface area contributed by atoms with E-state index in [2.05, 4.69) is 0 Å². The predicted octanol–water partition coefficient (Wildman–Crippen LogP) is 1.46. The van der Waals surface area contributed by atoms with Crippen LogP contribution in [0.3, 0.4) is 0 Å². The zero-order valence-corrected chi connectivity index (χ0v) is 11.9. The highest BCUT2D eigenvalue weighted by molar-refractivity contribution is 6.67. The minimum Gasteiger partial charge on any atom is -0.494 e. The van der Waals surface area contributed by atoms with E-state index in [-0.39, 0.29) is 5.97 Å². The van der Waals surface area contributed by atoms with Gasteiger partial charge in [0.15, 0.2) is 0 Å². The highest BCUT2D eigenvalue weighted by Crippen LogP contribution is 2.16. The summed E-state index contributed by atoms with van der Waals surface area (Å²) >= 11 is 0. The Hall–Kier alpha value is -0.433. The molecule has 2 unspecified atom stereocenters. The summed E-state index contributed by atoms with van der Waals surface area (Å²) in [6.07, 6.45) is 1.15. The summed E-state index contributed by atoms with van der Waals surface area (Å²) < 4.78 is 21.4. The van der Waals surface area contributed by atoms with Crippen molar-refractivity contribution in [2.75, 3.05) is 26.4 Å². The van der Waals surface area contributed by atoms with Crippen LogP contribution in [0.1, 0.15) is 20.3 Å². The van der Waals surface area contributed by atoms with E-state index in [1.807, 2.05) is 13.5 Å². The molecule has 0 aromatic heterocycles. The Balaban J connectivity index is 2.14. The molecular weight excluding hydrogens is 240 g/mol. The molecule has 0 bridgehead atoms. The van der Waals surface area contributed by atoms with Crippen LogP contribution in [0.25, 0.3) is 0 Å². The normalized spacial score (nSPS) is 21.9. The average molecular weight is 262 g/mol. The Morgan fingerprint density at radius 2 is 2.24 bits per heavy atom. The predicted molar refractivity (Wildman–Crippen MR) is 65.0 cm³/mol. The summed E-state index contributed by atoms with van der Waals surface area (Å²) in [5.74, 6) is -0.264. The number of carbonyl (C=O) groups is 1. The molecule has 0 aliphatic carbocycles. The summed E-state index contributed by atoms with van der Waals surface area (Å²) in [4.78, 5) is 11.0. The second kappa shape index (κ2) is 7.10. The van der Waals surface area contributed by atoms with Crippen LogP contribution in [0.15, 0.2) is 0 Å². The van der Waals surface area contributed by atoms with Gasteiger partial charge in [-0.15, -0.1) is 0 Å². The minimum atomic E-state index is -2.33.